The van der Waals surface area contributed by atoms with Crippen LogP contribution in [0, 0.1) is 0 Å². The summed E-state index contributed by atoms with van der Waals surface area (Å²) in [4.78, 5) is 43.0. The fraction of sp³-hybridized carbons (Fsp3) is 0.292. The van der Waals surface area contributed by atoms with Gasteiger partial charge in [0, 0.05) is 22.1 Å². The quantitative estimate of drug-likeness (QED) is 0.609. The number of nitrogens with zero attached hydrogens (tertiary/aromatic N) is 2. The zero-order valence-electron chi connectivity index (χ0n) is 17.8. The molecular weight excluding hydrogens is 426 g/mol. The molecule has 8 heteroatoms. The lowest BCUT2D eigenvalue weighted by atomic mass is 9.99. The summed E-state index contributed by atoms with van der Waals surface area (Å²) < 4.78 is 5.86. The molecule has 3 heterocycles. The van der Waals surface area contributed by atoms with Gasteiger partial charge in [-0.05, 0) is 37.6 Å². The van der Waals surface area contributed by atoms with Gasteiger partial charge in [-0.1, -0.05) is 37.3 Å². The van der Waals surface area contributed by atoms with E-state index in [1.165, 1.54) is 0 Å². The first-order valence-corrected chi connectivity index (χ1v) is 11.4. The first kappa shape index (κ1) is 20.6. The second kappa shape index (κ2) is 7.70. The summed E-state index contributed by atoms with van der Waals surface area (Å²) in [7, 11) is 0. The van der Waals surface area contributed by atoms with Crippen LogP contribution in [0.25, 0.3) is 11.0 Å². The smallest absolute Gasteiger partial charge is 0.325 e. The van der Waals surface area contributed by atoms with Crippen LogP contribution in [0.4, 0.5) is 10.5 Å². The minimum absolute atomic E-state index is 0.287. The highest BCUT2D eigenvalue weighted by atomic mass is 32.2. The first-order valence-electron chi connectivity index (χ1n) is 10.6. The van der Waals surface area contributed by atoms with Crippen LogP contribution in [0.1, 0.15) is 26.0 Å². The fourth-order valence-electron chi connectivity index (χ4n) is 4.20. The van der Waals surface area contributed by atoms with Gasteiger partial charge in [0.05, 0.1) is 5.69 Å². The summed E-state index contributed by atoms with van der Waals surface area (Å²) in [5.41, 5.74) is 0.0873. The number of rotatable bonds is 3. The van der Waals surface area contributed by atoms with Crippen LogP contribution in [-0.4, -0.2) is 41.1 Å². The van der Waals surface area contributed by atoms with Gasteiger partial charge in [0.1, 0.15) is 17.9 Å². The van der Waals surface area contributed by atoms with Crippen molar-refractivity contribution in [2.45, 2.75) is 36.0 Å². The van der Waals surface area contributed by atoms with Gasteiger partial charge >= 0.3 is 6.03 Å². The van der Waals surface area contributed by atoms with Crippen LogP contribution in [0.2, 0.25) is 0 Å². The zero-order chi connectivity index (χ0) is 22.5. The van der Waals surface area contributed by atoms with E-state index in [-0.39, 0.29) is 12.5 Å². The summed E-state index contributed by atoms with van der Waals surface area (Å²) >= 11 is 1.73. The molecule has 1 saturated heterocycles. The lowest BCUT2D eigenvalue weighted by Gasteiger charge is -2.25. The Labute approximate surface area is 189 Å². The van der Waals surface area contributed by atoms with E-state index in [0.717, 1.165) is 27.3 Å². The zero-order valence-corrected chi connectivity index (χ0v) is 18.6. The van der Waals surface area contributed by atoms with E-state index in [4.69, 9.17) is 4.42 Å². The average Bonchev–Trinajstić information content (AvgIpc) is 3.24. The molecule has 2 aliphatic rings. The van der Waals surface area contributed by atoms with Crippen LogP contribution in [0.5, 0.6) is 0 Å². The third-order valence-corrected chi connectivity index (χ3v) is 7.27. The third kappa shape index (κ3) is 3.35. The molecule has 0 spiro atoms. The number of carbonyl (C=O) groups is 3. The van der Waals surface area contributed by atoms with Gasteiger partial charge in [-0.15, -0.1) is 11.8 Å². The molecule has 5 rings (SSSR count). The highest BCUT2D eigenvalue weighted by Gasteiger charge is 2.52. The predicted molar refractivity (Wildman–Crippen MR) is 123 cm³/mol. The number of anilines is 1. The van der Waals surface area contributed by atoms with Crippen molar-refractivity contribution >= 4 is 46.3 Å². The molecule has 32 heavy (non-hydrogen) atoms. The summed E-state index contributed by atoms with van der Waals surface area (Å²) in [5.74, 6) is -0.442. The molecule has 1 fully saturated rings. The molecule has 4 amide bonds. The van der Waals surface area contributed by atoms with Crippen LogP contribution in [0.15, 0.2) is 63.9 Å². The predicted octanol–water partition coefficient (Wildman–Crippen LogP) is 4.12. The molecule has 0 saturated carbocycles. The molecule has 1 aromatic heterocycles. The maximum absolute atomic E-state index is 13.3. The lowest BCUT2D eigenvalue weighted by molar-refractivity contribution is -0.134. The Morgan fingerprint density at radius 3 is 2.75 bits per heavy atom. The molecule has 2 aliphatic heterocycles. The molecule has 2 atom stereocenters. The van der Waals surface area contributed by atoms with Crippen molar-refractivity contribution in [2.75, 3.05) is 18.0 Å². The van der Waals surface area contributed by atoms with Crippen molar-refractivity contribution in [1.82, 2.24) is 10.2 Å². The second-order valence-electron chi connectivity index (χ2n) is 8.33. The number of hydrogen-bond donors (Lipinski definition) is 1. The fourth-order valence-corrected chi connectivity index (χ4v) is 5.32. The van der Waals surface area contributed by atoms with E-state index >= 15 is 0 Å². The first-order chi connectivity index (χ1) is 15.4. The van der Waals surface area contributed by atoms with E-state index in [2.05, 4.69) is 12.2 Å². The maximum atomic E-state index is 13.3. The Kier molecular flexibility index (Phi) is 4.97. The summed E-state index contributed by atoms with van der Waals surface area (Å²) in [6.07, 6.45) is 0.821. The number of carbonyl (C=O) groups excluding carboxylic acids is 3. The summed E-state index contributed by atoms with van der Waals surface area (Å²) in [5, 5.41) is 3.93. The van der Waals surface area contributed by atoms with Crippen LogP contribution in [-0.2, 0) is 15.1 Å². The number of para-hydroxylation sites is 2. The number of amides is 4. The van der Waals surface area contributed by atoms with Crippen LogP contribution < -0.4 is 10.2 Å². The Morgan fingerprint density at radius 2 is 1.94 bits per heavy atom. The van der Waals surface area contributed by atoms with Crippen molar-refractivity contribution in [3.63, 3.8) is 0 Å². The Morgan fingerprint density at radius 1 is 1.19 bits per heavy atom. The average molecular weight is 450 g/mol. The summed E-state index contributed by atoms with van der Waals surface area (Å²) in [6.45, 7) is 3.95. The van der Waals surface area contributed by atoms with Crippen molar-refractivity contribution in [2.24, 2.45) is 0 Å². The normalized spacial score (nSPS) is 23.2. The molecule has 1 N–H and O–H groups in total. The van der Waals surface area contributed by atoms with Gasteiger partial charge in [-0.2, -0.15) is 0 Å². The molecule has 0 radical (unpaired) electrons. The Hall–Kier alpha value is -3.26. The number of fused-ring (bicyclic) bond motifs is 2. The maximum Gasteiger partial charge on any atom is 0.325 e. The number of benzene rings is 2. The molecule has 3 aromatic rings. The summed E-state index contributed by atoms with van der Waals surface area (Å²) in [6, 6.07) is 16.3. The van der Waals surface area contributed by atoms with Crippen LogP contribution in [0.3, 0.4) is 0 Å². The SMILES string of the molecule is C[C@@H]1CCN(C(=O)CN2C(=O)N[C@@](C)(c3cc4ccccc4o3)C2=O)c2ccccc2S1. The number of thioether (sulfide) groups is 1. The third-order valence-electron chi connectivity index (χ3n) is 6.03. The van der Waals surface area contributed by atoms with Crippen molar-refractivity contribution in [3.05, 3.63) is 60.4 Å². The van der Waals surface area contributed by atoms with E-state index < -0.39 is 17.5 Å². The van der Waals surface area contributed by atoms with Gasteiger partial charge in [0.15, 0.2) is 5.54 Å². The van der Waals surface area contributed by atoms with Crippen molar-refractivity contribution in [1.29, 1.82) is 0 Å². The molecule has 0 unspecified atom stereocenters. The Bertz CT molecular complexity index is 1210. The van der Waals surface area contributed by atoms with Gasteiger partial charge in [0.25, 0.3) is 5.91 Å². The van der Waals surface area contributed by atoms with Gasteiger partial charge in [0.2, 0.25) is 5.91 Å². The number of urea groups is 1. The highest BCUT2D eigenvalue weighted by Crippen LogP contribution is 2.38. The van der Waals surface area contributed by atoms with Gasteiger partial charge < -0.3 is 14.6 Å². The van der Waals surface area contributed by atoms with E-state index in [1.54, 1.807) is 35.7 Å². The number of furan rings is 1. The van der Waals surface area contributed by atoms with E-state index in [0.29, 0.717) is 23.1 Å². The number of hydrogen-bond acceptors (Lipinski definition) is 5. The largest absolute Gasteiger partial charge is 0.458 e. The van der Waals surface area contributed by atoms with Crippen molar-refractivity contribution in [3.8, 4) is 0 Å². The minimum atomic E-state index is -1.36. The Balaban J connectivity index is 1.41. The standard InChI is InChI=1S/C24H23N3O4S/c1-15-11-12-26(17-8-4-6-10-19(17)32-15)21(28)14-27-22(29)24(2,25-23(27)30)20-13-16-7-3-5-9-18(16)31-20/h3-10,13,15H,11-12,14H2,1-2H3,(H,25,30)/t15-,24+/m1/s1. The molecule has 0 aliphatic carbocycles. The molecule has 0 bridgehead atoms. The number of imide groups is 1. The second-order valence-corrected chi connectivity index (χ2v) is 9.81. The van der Waals surface area contributed by atoms with Gasteiger partial charge in [-0.3, -0.25) is 14.5 Å². The van der Waals surface area contributed by atoms with Gasteiger partial charge in [-0.25, -0.2) is 4.79 Å². The number of nitrogens with one attached hydrogen (secondary N) is 1. The van der Waals surface area contributed by atoms with Crippen molar-refractivity contribution < 1.29 is 18.8 Å². The van der Waals surface area contributed by atoms with Crippen LogP contribution >= 0.6 is 11.8 Å². The monoisotopic (exact) mass is 449 g/mol. The molecule has 2 aromatic carbocycles. The van der Waals surface area contributed by atoms with E-state index in [9.17, 15) is 14.4 Å². The highest BCUT2D eigenvalue weighted by molar-refractivity contribution is 8.00. The topological polar surface area (TPSA) is 82.9 Å². The molecule has 7 nitrogen and oxygen atoms in total. The lowest BCUT2D eigenvalue weighted by Crippen LogP contribution is -2.45. The van der Waals surface area contributed by atoms with E-state index in [1.807, 2.05) is 42.5 Å². The minimum Gasteiger partial charge on any atom is -0.458 e. The molecular formula is C24H23N3O4S. The molecule has 164 valence electrons.